The Morgan fingerprint density at radius 1 is 1.20 bits per heavy atom. The van der Waals surface area contributed by atoms with Gasteiger partial charge >= 0.3 is 0 Å². The first-order valence-electron chi connectivity index (χ1n) is 7.73. The SMILES string of the molecule is CS(=O)(=O)c1cccc(-c2ccc(CCCN)nc2)c1-c1nn[nH]n1. The van der Waals surface area contributed by atoms with Gasteiger partial charge in [0, 0.05) is 29.3 Å². The smallest absolute Gasteiger partial charge is 0.206 e. The number of tetrazole rings is 1. The highest BCUT2D eigenvalue weighted by molar-refractivity contribution is 7.90. The Hall–Kier alpha value is -2.65. The lowest BCUT2D eigenvalue weighted by Gasteiger charge is -2.11. The van der Waals surface area contributed by atoms with E-state index in [0.717, 1.165) is 30.4 Å². The molecule has 0 spiro atoms. The van der Waals surface area contributed by atoms with Crippen LogP contribution in [0.4, 0.5) is 0 Å². The van der Waals surface area contributed by atoms with Gasteiger partial charge in [-0.1, -0.05) is 18.2 Å². The molecule has 0 aliphatic heterocycles. The molecule has 0 unspecified atom stereocenters. The molecule has 0 aliphatic carbocycles. The number of nitrogens with two attached hydrogens (primary N) is 1. The maximum Gasteiger partial charge on any atom is 0.206 e. The second-order valence-electron chi connectivity index (χ2n) is 5.62. The fraction of sp³-hybridized carbons (Fsp3) is 0.250. The van der Waals surface area contributed by atoms with Gasteiger partial charge in [-0.2, -0.15) is 5.21 Å². The van der Waals surface area contributed by atoms with Crippen molar-refractivity contribution in [2.45, 2.75) is 17.7 Å². The Balaban J connectivity index is 2.13. The van der Waals surface area contributed by atoms with Gasteiger partial charge in [-0.05, 0) is 42.3 Å². The second-order valence-corrected chi connectivity index (χ2v) is 7.60. The summed E-state index contributed by atoms with van der Waals surface area (Å²) in [4.78, 5) is 4.59. The summed E-state index contributed by atoms with van der Waals surface area (Å²) in [6.45, 7) is 0.613. The molecule has 25 heavy (non-hydrogen) atoms. The lowest BCUT2D eigenvalue weighted by atomic mass is 10.00. The molecule has 0 radical (unpaired) electrons. The van der Waals surface area contributed by atoms with E-state index in [1.165, 1.54) is 6.07 Å². The predicted octanol–water partition coefficient (Wildman–Crippen LogP) is 1.22. The molecule has 0 amide bonds. The average molecular weight is 358 g/mol. The third-order valence-corrected chi connectivity index (χ3v) is 4.91. The number of hydrogen-bond donors (Lipinski definition) is 2. The van der Waals surface area contributed by atoms with Crippen LogP contribution in [0.5, 0.6) is 0 Å². The molecule has 8 nitrogen and oxygen atoms in total. The summed E-state index contributed by atoms with van der Waals surface area (Å²) in [7, 11) is -3.47. The van der Waals surface area contributed by atoms with Crippen LogP contribution >= 0.6 is 0 Å². The number of H-pyrrole nitrogens is 1. The van der Waals surface area contributed by atoms with Crippen molar-refractivity contribution in [3.05, 3.63) is 42.2 Å². The van der Waals surface area contributed by atoms with Crippen molar-refractivity contribution >= 4 is 9.84 Å². The number of nitrogens with one attached hydrogen (secondary N) is 1. The molecule has 0 fully saturated rings. The Morgan fingerprint density at radius 2 is 2.04 bits per heavy atom. The fourth-order valence-corrected chi connectivity index (χ4v) is 3.49. The monoisotopic (exact) mass is 358 g/mol. The van der Waals surface area contributed by atoms with E-state index in [-0.39, 0.29) is 10.7 Å². The maximum absolute atomic E-state index is 12.2. The Kier molecular flexibility index (Phi) is 4.86. The first kappa shape index (κ1) is 17.2. The summed E-state index contributed by atoms with van der Waals surface area (Å²) in [5.74, 6) is 0.225. The molecule has 0 saturated heterocycles. The fourth-order valence-electron chi connectivity index (χ4n) is 2.59. The van der Waals surface area contributed by atoms with Crippen LogP contribution in [0.2, 0.25) is 0 Å². The van der Waals surface area contributed by atoms with E-state index in [1.807, 2.05) is 18.2 Å². The van der Waals surface area contributed by atoms with E-state index >= 15 is 0 Å². The summed E-state index contributed by atoms with van der Waals surface area (Å²) in [5.41, 5.74) is 8.34. The largest absolute Gasteiger partial charge is 0.330 e. The summed E-state index contributed by atoms with van der Waals surface area (Å²) in [6.07, 6.45) is 4.54. The van der Waals surface area contributed by atoms with Gasteiger partial charge in [-0.3, -0.25) is 4.98 Å². The molecule has 3 aromatic rings. The predicted molar refractivity (Wildman–Crippen MR) is 93.3 cm³/mol. The van der Waals surface area contributed by atoms with Gasteiger partial charge in [-0.25, -0.2) is 8.42 Å². The van der Waals surface area contributed by atoms with Crippen molar-refractivity contribution in [1.29, 1.82) is 0 Å². The summed E-state index contributed by atoms with van der Waals surface area (Å²) >= 11 is 0. The molecule has 2 heterocycles. The summed E-state index contributed by atoms with van der Waals surface area (Å²) in [6, 6.07) is 8.87. The number of aromatic nitrogens is 5. The first-order valence-corrected chi connectivity index (χ1v) is 9.62. The third kappa shape index (κ3) is 3.72. The average Bonchev–Trinajstić information content (AvgIpc) is 3.13. The maximum atomic E-state index is 12.2. The minimum absolute atomic E-state index is 0.151. The zero-order valence-corrected chi connectivity index (χ0v) is 14.5. The second kappa shape index (κ2) is 7.08. The van der Waals surface area contributed by atoms with Crippen molar-refractivity contribution in [3.63, 3.8) is 0 Å². The van der Waals surface area contributed by atoms with Crippen LogP contribution in [0.3, 0.4) is 0 Å². The number of aromatic amines is 1. The van der Waals surface area contributed by atoms with E-state index in [0.29, 0.717) is 17.7 Å². The van der Waals surface area contributed by atoms with Gasteiger partial charge in [0.25, 0.3) is 0 Å². The molecule has 3 N–H and O–H groups in total. The minimum atomic E-state index is -3.47. The van der Waals surface area contributed by atoms with Crippen LogP contribution in [-0.2, 0) is 16.3 Å². The summed E-state index contributed by atoms with van der Waals surface area (Å²) < 4.78 is 24.4. The van der Waals surface area contributed by atoms with Crippen LogP contribution in [-0.4, -0.2) is 46.8 Å². The minimum Gasteiger partial charge on any atom is -0.330 e. The van der Waals surface area contributed by atoms with Crippen molar-refractivity contribution in [1.82, 2.24) is 25.6 Å². The topological polar surface area (TPSA) is 128 Å². The molecule has 0 aliphatic rings. The quantitative estimate of drug-likeness (QED) is 0.678. The van der Waals surface area contributed by atoms with E-state index in [2.05, 4.69) is 25.6 Å². The van der Waals surface area contributed by atoms with Crippen LogP contribution in [0.15, 0.2) is 41.4 Å². The number of rotatable bonds is 6. The number of aryl methyl sites for hydroxylation is 1. The van der Waals surface area contributed by atoms with E-state index in [4.69, 9.17) is 5.73 Å². The third-order valence-electron chi connectivity index (χ3n) is 3.77. The molecule has 2 aromatic heterocycles. The lowest BCUT2D eigenvalue weighted by molar-refractivity contribution is 0.602. The van der Waals surface area contributed by atoms with Crippen LogP contribution in [0, 0.1) is 0 Å². The van der Waals surface area contributed by atoms with Gasteiger partial charge in [0.15, 0.2) is 9.84 Å². The molecule has 9 heteroatoms. The molecular weight excluding hydrogens is 340 g/mol. The molecule has 1 aromatic carbocycles. The number of hydrogen-bond acceptors (Lipinski definition) is 7. The molecule has 0 saturated carbocycles. The standard InChI is InChI=1S/C16H18N6O2S/c1-25(23,24)14-6-2-5-13(15(14)16-19-21-22-20-16)11-7-8-12(18-10-11)4-3-9-17/h2,5-8,10H,3-4,9,17H2,1H3,(H,19,20,21,22). The van der Waals surface area contributed by atoms with Crippen molar-refractivity contribution in [2.24, 2.45) is 5.73 Å². The highest BCUT2D eigenvalue weighted by Gasteiger charge is 2.21. The zero-order valence-electron chi connectivity index (χ0n) is 13.7. The van der Waals surface area contributed by atoms with Gasteiger partial charge < -0.3 is 5.73 Å². The molecule has 130 valence electrons. The Labute approximate surface area is 145 Å². The van der Waals surface area contributed by atoms with Crippen LogP contribution < -0.4 is 5.73 Å². The normalized spacial score (nSPS) is 11.6. The van der Waals surface area contributed by atoms with E-state index < -0.39 is 9.84 Å². The number of sulfone groups is 1. The van der Waals surface area contributed by atoms with Crippen LogP contribution in [0.1, 0.15) is 12.1 Å². The first-order chi connectivity index (χ1) is 12.0. The molecular formula is C16H18N6O2S. The van der Waals surface area contributed by atoms with E-state index in [1.54, 1.807) is 12.3 Å². The van der Waals surface area contributed by atoms with Crippen molar-refractivity contribution in [2.75, 3.05) is 12.8 Å². The van der Waals surface area contributed by atoms with Crippen molar-refractivity contribution < 1.29 is 8.42 Å². The van der Waals surface area contributed by atoms with E-state index in [9.17, 15) is 8.42 Å². The number of benzene rings is 1. The number of pyridine rings is 1. The molecule has 0 bridgehead atoms. The van der Waals surface area contributed by atoms with Gasteiger partial charge in [-0.15, -0.1) is 10.2 Å². The van der Waals surface area contributed by atoms with Gasteiger partial charge in [0.1, 0.15) is 0 Å². The summed E-state index contributed by atoms with van der Waals surface area (Å²) in [5, 5.41) is 13.8. The molecule has 0 atom stereocenters. The van der Waals surface area contributed by atoms with Crippen LogP contribution in [0.25, 0.3) is 22.5 Å². The highest BCUT2D eigenvalue weighted by atomic mass is 32.2. The van der Waals surface area contributed by atoms with Gasteiger partial charge in [0.05, 0.1) is 4.90 Å². The zero-order chi connectivity index (χ0) is 17.9. The van der Waals surface area contributed by atoms with Gasteiger partial charge in [0.2, 0.25) is 5.82 Å². The lowest BCUT2D eigenvalue weighted by Crippen LogP contribution is -2.03. The van der Waals surface area contributed by atoms with Crippen molar-refractivity contribution in [3.8, 4) is 22.5 Å². The molecule has 3 rings (SSSR count). The highest BCUT2D eigenvalue weighted by Crippen LogP contribution is 2.34. The number of nitrogens with zero attached hydrogens (tertiary/aromatic N) is 4. The Morgan fingerprint density at radius 3 is 2.64 bits per heavy atom. The Bertz CT molecular complexity index is 953.